The van der Waals surface area contributed by atoms with Crippen LogP contribution in [0.2, 0.25) is 5.02 Å². The highest BCUT2D eigenvalue weighted by molar-refractivity contribution is 6.30. The fourth-order valence-electron chi connectivity index (χ4n) is 5.19. The summed E-state index contributed by atoms with van der Waals surface area (Å²) in [6, 6.07) is 21.3. The summed E-state index contributed by atoms with van der Waals surface area (Å²) in [6.07, 6.45) is 1.81. The Balaban J connectivity index is 1.21. The van der Waals surface area contributed by atoms with Crippen molar-refractivity contribution in [1.29, 1.82) is 0 Å². The van der Waals surface area contributed by atoms with Crippen LogP contribution in [0.25, 0.3) is 0 Å². The Morgan fingerprint density at radius 3 is 2.61 bits per heavy atom. The van der Waals surface area contributed by atoms with Gasteiger partial charge in [-0.05, 0) is 65.8 Å². The van der Waals surface area contributed by atoms with E-state index < -0.39 is 0 Å². The van der Waals surface area contributed by atoms with Gasteiger partial charge in [0.1, 0.15) is 5.75 Å². The summed E-state index contributed by atoms with van der Waals surface area (Å²) in [5, 5.41) is 3.63. The molecule has 0 saturated carbocycles. The number of nitrogens with one attached hydrogen (secondary N) is 1. The lowest BCUT2D eigenvalue weighted by Gasteiger charge is -2.39. The molecule has 1 fully saturated rings. The number of ether oxygens (including phenoxy) is 4. The van der Waals surface area contributed by atoms with Crippen LogP contribution in [-0.2, 0) is 9.53 Å². The van der Waals surface area contributed by atoms with E-state index in [0.29, 0.717) is 60.5 Å². The Morgan fingerprint density at radius 2 is 1.79 bits per heavy atom. The molecular weight excluding hydrogens is 502 g/mol. The highest BCUT2D eigenvalue weighted by atomic mass is 35.5. The van der Waals surface area contributed by atoms with E-state index in [1.54, 1.807) is 12.1 Å². The summed E-state index contributed by atoms with van der Waals surface area (Å²) in [5.74, 6) is 2.81. The Labute approximate surface area is 229 Å². The van der Waals surface area contributed by atoms with Gasteiger partial charge in [0.2, 0.25) is 0 Å². The summed E-state index contributed by atoms with van der Waals surface area (Å²) in [4.78, 5) is 12.6. The summed E-state index contributed by atoms with van der Waals surface area (Å²) in [6.45, 7) is 6.23. The van der Waals surface area contributed by atoms with Gasteiger partial charge in [0.25, 0.3) is 5.91 Å². The van der Waals surface area contributed by atoms with E-state index in [2.05, 4.69) is 31.3 Å². The molecule has 2 aliphatic rings. The first kappa shape index (κ1) is 26.4. The minimum absolute atomic E-state index is 0.0374. The maximum Gasteiger partial charge on any atom is 0.262 e. The van der Waals surface area contributed by atoms with E-state index in [0.717, 1.165) is 23.4 Å². The zero-order valence-electron chi connectivity index (χ0n) is 21.8. The van der Waals surface area contributed by atoms with Gasteiger partial charge in [-0.25, -0.2) is 0 Å². The van der Waals surface area contributed by atoms with Crippen molar-refractivity contribution in [3.05, 3.63) is 82.9 Å². The molecule has 0 spiro atoms. The molecule has 1 N–H and O–H groups in total. The minimum atomic E-state index is -0.247. The van der Waals surface area contributed by atoms with Crippen molar-refractivity contribution in [3.63, 3.8) is 0 Å². The van der Waals surface area contributed by atoms with E-state index in [-0.39, 0.29) is 18.6 Å². The Morgan fingerprint density at radius 1 is 1.00 bits per heavy atom. The minimum Gasteiger partial charge on any atom is -0.490 e. The lowest BCUT2D eigenvalue weighted by atomic mass is 9.76. The van der Waals surface area contributed by atoms with Crippen LogP contribution in [0.3, 0.4) is 0 Å². The van der Waals surface area contributed by atoms with Crippen molar-refractivity contribution >= 4 is 23.2 Å². The molecule has 0 radical (unpaired) electrons. The van der Waals surface area contributed by atoms with E-state index in [9.17, 15) is 4.79 Å². The quantitative estimate of drug-likeness (QED) is 0.351. The standard InChI is InChI=1S/C31H34ClNO5/c1-20(2)27-16-23(21-6-3-8-24(32)14-21)18-38-31(27)22-7-4-9-26(15-22)37-19-30(34)33-25-10-11-28-29(17-25)36-13-5-12-35-28/h3-4,6-11,14-15,17,20,23,27,31H,5,12-13,16,18-19H2,1-2H3,(H,33,34)/t23-,27-,31-/m0/s1. The summed E-state index contributed by atoms with van der Waals surface area (Å²) in [5.41, 5.74) is 2.92. The molecule has 3 atom stereocenters. The molecule has 3 aromatic rings. The number of carbonyl (C=O) groups excluding carboxylic acids is 1. The van der Waals surface area contributed by atoms with Gasteiger partial charge in [0.05, 0.1) is 25.9 Å². The van der Waals surface area contributed by atoms with Gasteiger partial charge in [0, 0.05) is 29.1 Å². The monoisotopic (exact) mass is 535 g/mol. The highest BCUT2D eigenvalue weighted by Gasteiger charge is 2.35. The molecule has 0 unspecified atom stereocenters. The van der Waals surface area contributed by atoms with Crippen LogP contribution in [-0.4, -0.2) is 32.3 Å². The van der Waals surface area contributed by atoms with Crippen LogP contribution in [0.4, 0.5) is 5.69 Å². The number of rotatable bonds is 7. The predicted octanol–water partition coefficient (Wildman–Crippen LogP) is 7.04. The second-order valence-corrected chi connectivity index (χ2v) is 10.7. The molecule has 2 heterocycles. The number of halogens is 1. The lowest BCUT2D eigenvalue weighted by Crippen LogP contribution is -2.31. The average molecular weight is 536 g/mol. The fourth-order valence-corrected chi connectivity index (χ4v) is 5.39. The molecule has 0 aliphatic carbocycles. The van der Waals surface area contributed by atoms with Crippen molar-refractivity contribution in [2.24, 2.45) is 11.8 Å². The third-order valence-corrected chi connectivity index (χ3v) is 7.42. The van der Waals surface area contributed by atoms with Gasteiger partial charge in [-0.2, -0.15) is 0 Å². The number of hydrogen-bond acceptors (Lipinski definition) is 5. The average Bonchev–Trinajstić information content (AvgIpc) is 3.17. The van der Waals surface area contributed by atoms with Gasteiger partial charge < -0.3 is 24.3 Å². The maximum atomic E-state index is 12.6. The molecule has 3 aromatic carbocycles. The largest absolute Gasteiger partial charge is 0.490 e. The van der Waals surface area contributed by atoms with Crippen molar-refractivity contribution in [1.82, 2.24) is 0 Å². The molecular formula is C31H34ClNO5. The van der Waals surface area contributed by atoms with Crippen LogP contribution in [0.15, 0.2) is 66.7 Å². The Bertz CT molecular complexity index is 1260. The third-order valence-electron chi connectivity index (χ3n) is 7.19. The molecule has 0 bridgehead atoms. The van der Waals surface area contributed by atoms with Crippen LogP contribution in [0.1, 0.15) is 49.8 Å². The third kappa shape index (κ3) is 6.43. The van der Waals surface area contributed by atoms with E-state index in [1.807, 2.05) is 42.5 Å². The van der Waals surface area contributed by atoms with Gasteiger partial charge >= 0.3 is 0 Å². The molecule has 5 rings (SSSR count). The first-order valence-corrected chi connectivity index (χ1v) is 13.6. The molecule has 7 heteroatoms. The number of hydrogen-bond donors (Lipinski definition) is 1. The number of carbonyl (C=O) groups is 1. The van der Waals surface area contributed by atoms with Crippen LogP contribution in [0.5, 0.6) is 17.2 Å². The SMILES string of the molecule is CC(C)[C@@H]1C[C@H](c2cccc(Cl)c2)CO[C@H]1c1cccc(OCC(=O)Nc2ccc3c(c2)OCCCO3)c1. The van der Waals surface area contributed by atoms with Crippen LogP contribution < -0.4 is 19.5 Å². The Hall–Kier alpha value is -3.22. The summed E-state index contributed by atoms with van der Waals surface area (Å²) >= 11 is 6.24. The van der Waals surface area contributed by atoms with Gasteiger partial charge in [0.15, 0.2) is 18.1 Å². The van der Waals surface area contributed by atoms with Gasteiger partial charge in [-0.1, -0.05) is 49.7 Å². The number of benzene rings is 3. The number of fused-ring (bicyclic) bond motifs is 1. The zero-order chi connectivity index (χ0) is 26.5. The van der Waals surface area contributed by atoms with E-state index in [4.69, 9.17) is 30.5 Å². The zero-order valence-corrected chi connectivity index (χ0v) is 22.6. The molecule has 1 amide bonds. The predicted molar refractivity (Wildman–Crippen MR) is 148 cm³/mol. The maximum absolute atomic E-state index is 12.6. The molecule has 6 nitrogen and oxygen atoms in total. The first-order chi connectivity index (χ1) is 18.5. The molecule has 0 aromatic heterocycles. The highest BCUT2D eigenvalue weighted by Crippen LogP contribution is 2.44. The number of anilines is 1. The van der Waals surface area contributed by atoms with E-state index >= 15 is 0 Å². The van der Waals surface area contributed by atoms with Crippen molar-refractivity contribution < 1.29 is 23.7 Å². The van der Waals surface area contributed by atoms with Crippen LogP contribution >= 0.6 is 11.6 Å². The van der Waals surface area contributed by atoms with Crippen molar-refractivity contribution in [2.45, 2.75) is 38.7 Å². The lowest BCUT2D eigenvalue weighted by molar-refractivity contribution is -0.118. The number of amides is 1. The van der Waals surface area contributed by atoms with Gasteiger partial charge in [-0.3, -0.25) is 4.79 Å². The molecule has 200 valence electrons. The molecule has 38 heavy (non-hydrogen) atoms. The van der Waals surface area contributed by atoms with Gasteiger partial charge in [-0.15, -0.1) is 0 Å². The topological polar surface area (TPSA) is 66.0 Å². The normalized spacial score (nSPS) is 21.0. The van der Waals surface area contributed by atoms with Crippen molar-refractivity contribution in [3.8, 4) is 17.2 Å². The Kier molecular flexibility index (Phi) is 8.40. The summed E-state index contributed by atoms with van der Waals surface area (Å²) < 4.78 is 23.7. The fraction of sp³-hybridized carbons (Fsp3) is 0.387. The first-order valence-electron chi connectivity index (χ1n) is 13.3. The van der Waals surface area contributed by atoms with E-state index in [1.165, 1.54) is 5.56 Å². The smallest absolute Gasteiger partial charge is 0.262 e. The summed E-state index contributed by atoms with van der Waals surface area (Å²) in [7, 11) is 0. The second kappa shape index (κ2) is 12.1. The van der Waals surface area contributed by atoms with Crippen molar-refractivity contribution in [2.75, 3.05) is 31.7 Å². The second-order valence-electron chi connectivity index (χ2n) is 10.3. The molecule has 1 saturated heterocycles. The van der Waals surface area contributed by atoms with Crippen LogP contribution in [0, 0.1) is 11.8 Å². The molecule has 2 aliphatic heterocycles.